The Bertz CT molecular complexity index is 1320. The predicted octanol–water partition coefficient (Wildman–Crippen LogP) is 3.46. The molecule has 0 saturated heterocycles. The number of hydrogen-bond acceptors (Lipinski definition) is 4. The van der Waals surface area contributed by atoms with Crippen molar-refractivity contribution in [3.8, 4) is 5.75 Å². The summed E-state index contributed by atoms with van der Waals surface area (Å²) in [6.07, 6.45) is 0. The topological polar surface area (TPSA) is 87.0 Å². The lowest BCUT2D eigenvalue weighted by Gasteiger charge is -2.29. The van der Waals surface area contributed by atoms with Crippen LogP contribution in [0.15, 0.2) is 70.3 Å². The van der Waals surface area contributed by atoms with Gasteiger partial charge in [-0.15, -0.1) is 0 Å². The summed E-state index contributed by atoms with van der Waals surface area (Å²) < 4.78 is 5.28. The zero-order valence-electron chi connectivity index (χ0n) is 15.1. The van der Waals surface area contributed by atoms with Crippen molar-refractivity contribution in [2.24, 2.45) is 0 Å². The van der Waals surface area contributed by atoms with Gasteiger partial charge in [0.15, 0.2) is 0 Å². The van der Waals surface area contributed by atoms with Crippen molar-refractivity contribution in [1.82, 2.24) is 9.97 Å². The molecule has 2 heterocycles. The van der Waals surface area contributed by atoms with E-state index in [-0.39, 0.29) is 5.92 Å². The van der Waals surface area contributed by atoms with E-state index in [1.165, 1.54) is 0 Å². The average Bonchev–Trinajstić information content (AvgIpc) is 2.72. The van der Waals surface area contributed by atoms with Crippen LogP contribution in [0.2, 0.25) is 0 Å². The van der Waals surface area contributed by atoms with Crippen molar-refractivity contribution in [2.75, 3.05) is 12.4 Å². The van der Waals surface area contributed by atoms with Crippen molar-refractivity contribution in [3.63, 3.8) is 0 Å². The van der Waals surface area contributed by atoms with Crippen molar-refractivity contribution < 1.29 is 4.74 Å². The third-order valence-electron chi connectivity index (χ3n) is 5.24. The second kappa shape index (κ2) is 6.13. The van der Waals surface area contributed by atoms with Crippen LogP contribution in [0.5, 0.6) is 5.75 Å². The number of aromatic amines is 2. The summed E-state index contributed by atoms with van der Waals surface area (Å²) in [5, 5.41) is 5.38. The molecular weight excluding hydrogens is 354 g/mol. The molecular formula is C22H17N3O3. The number of nitrogens with one attached hydrogen (secondary N) is 3. The summed E-state index contributed by atoms with van der Waals surface area (Å²) in [4.78, 5) is 29.7. The minimum absolute atomic E-state index is 0.330. The fraction of sp³-hybridized carbons (Fsp3) is 0.0909. The van der Waals surface area contributed by atoms with E-state index in [0.717, 1.165) is 33.3 Å². The van der Waals surface area contributed by atoms with Gasteiger partial charge in [-0.1, -0.05) is 42.5 Å². The molecule has 0 spiro atoms. The molecule has 28 heavy (non-hydrogen) atoms. The van der Waals surface area contributed by atoms with Crippen LogP contribution in [-0.4, -0.2) is 17.1 Å². The molecule has 1 atom stereocenters. The smallest absolute Gasteiger partial charge is 0.327 e. The van der Waals surface area contributed by atoms with Gasteiger partial charge < -0.3 is 10.1 Å². The maximum absolute atomic E-state index is 12.8. The first-order valence-corrected chi connectivity index (χ1v) is 8.95. The largest absolute Gasteiger partial charge is 0.497 e. The second-order valence-electron chi connectivity index (χ2n) is 6.78. The fourth-order valence-electron chi connectivity index (χ4n) is 3.99. The summed E-state index contributed by atoms with van der Waals surface area (Å²) in [6.45, 7) is 0. The predicted molar refractivity (Wildman–Crippen MR) is 109 cm³/mol. The van der Waals surface area contributed by atoms with E-state index in [0.29, 0.717) is 11.4 Å². The van der Waals surface area contributed by atoms with E-state index < -0.39 is 11.2 Å². The molecule has 0 saturated carbocycles. The van der Waals surface area contributed by atoms with Crippen molar-refractivity contribution in [3.05, 3.63) is 98.2 Å². The number of benzene rings is 3. The second-order valence-corrected chi connectivity index (χ2v) is 6.78. The summed E-state index contributed by atoms with van der Waals surface area (Å²) in [5.41, 5.74) is 2.38. The summed E-state index contributed by atoms with van der Waals surface area (Å²) in [5.74, 6) is 0.840. The SMILES string of the molecule is COc1ccc([C@H]2c3c([nH]c(=O)[nH]c3=O)Nc3ccc4ccccc4c32)cc1. The maximum atomic E-state index is 12.8. The summed E-state index contributed by atoms with van der Waals surface area (Å²) >= 11 is 0. The van der Waals surface area contributed by atoms with Gasteiger partial charge >= 0.3 is 5.69 Å². The number of H-pyrrole nitrogens is 2. The first-order valence-electron chi connectivity index (χ1n) is 8.95. The number of anilines is 2. The zero-order valence-corrected chi connectivity index (χ0v) is 15.1. The van der Waals surface area contributed by atoms with Crippen molar-refractivity contribution in [1.29, 1.82) is 0 Å². The highest BCUT2D eigenvalue weighted by Gasteiger charge is 2.32. The Hall–Kier alpha value is -3.80. The number of fused-ring (bicyclic) bond motifs is 4. The molecule has 1 aromatic heterocycles. The quantitative estimate of drug-likeness (QED) is 0.443. The number of ether oxygens (including phenoxy) is 1. The summed E-state index contributed by atoms with van der Waals surface area (Å²) in [7, 11) is 1.62. The van der Waals surface area contributed by atoms with Crippen LogP contribution in [0.3, 0.4) is 0 Å². The van der Waals surface area contributed by atoms with Gasteiger partial charge in [-0.3, -0.25) is 14.8 Å². The molecule has 5 rings (SSSR count). The number of hydrogen-bond donors (Lipinski definition) is 3. The number of rotatable bonds is 2. The van der Waals surface area contributed by atoms with Gasteiger partial charge in [0.25, 0.3) is 5.56 Å². The highest BCUT2D eigenvalue weighted by Crippen LogP contribution is 2.45. The molecule has 1 aliphatic rings. The standard InChI is InChI=1S/C22H17N3O3/c1-28-14-9-6-13(7-10-14)17-18-15-5-3-2-4-12(15)8-11-16(18)23-20-19(17)21(26)25-22(27)24-20/h2-11,17H,1H3,(H3,23,24,25,26,27)/t17-/m1/s1. The van der Waals surface area contributed by atoms with E-state index in [9.17, 15) is 9.59 Å². The van der Waals surface area contributed by atoms with Gasteiger partial charge in [0.2, 0.25) is 0 Å². The number of methoxy groups -OCH3 is 1. The van der Waals surface area contributed by atoms with Crippen LogP contribution in [0, 0.1) is 0 Å². The van der Waals surface area contributed by atoms with Crippen molar-refractivity contribution in [2.45, 2.75) is 5.92 Å². The molecule has 1 aliphatic heterocycles. The molecule has 3 N–H and O–H groups in total. The van der Waals surface area contributed by atoms with Gasteiger partial charge in [0.1, 0.15) is 11.6 Å². The van der Waals surface area contributed by atoms with Crippen LogP contribution in [0.25, 0.3) is 10.8 Å². The van der Waals surface area contributed by atoms with Gasteiger partial charge in [-0.2, -0.15) is 0 Å². The minimum atomic E-state index is -0.533. The molecule has 0 unspecified atom stereocenters. The third kappa shape index (κ3) is 2.42. The average molecular weight is 371 g/mol. The molecule has 6 nitrogen and oxygen atoms in total. The molecule has 3 aromatic carbocycles. The zero-order chi connectivity index (χ0) is 19.3. The van der Waals surface area contributed by atoms with E-state index in [1.54, 1.807) is 7.11 Å². The molecule has 0 bridgehead atoms. The first kappa shape index (κ1) is 16.4. The molecule has 4 aromatic rings. The van der Waals surface area contributed by atoms with Gasteiger partial charge in [0.05, 0.1) is 12.7 Å². The normalized spacial score (nSPS) is 14.8. The Kier molecular flexibility index (Phi) is 3.58. The van der Waals surface area contributed by atoms with Crippen LogP contribution in [0.4, 0.5) is 11.5 Å². The molecule has 138 valence electrons. The monoisotopic (exact) mass is 371 g/mol. The minimum Gasteiger partial charge on any atom is -0.497 e. The lowest BCUT2D eigenvalue weighted by atomic mass is 9.80. The van der Waals surface area contributed by atoms with E-state index in [4.69, 9.17) is 4.74 Å². The Morgan fingerprint density at radius 2 is 1.64 bits per heavy atom. The van der Waals surface area contributed by atoms with Gasteiger partial charge in [0, 0.05) is 11.6 Å². The molecule has 6 heteroatoms. The number of aromatic nitrogens is 2. The fourth-order valence-corrected chi connectivity index (χ4v) is 3.99. The Balaban J connectivity index is 1.86. The molecule has 0 fully saturated rings. The highest BCUT2D eigenvalue weighted by atomic mass is 16.5. The molecule has 0 amide bonds. The third-order valence-corrected chi connectivity index (χ3v) is 5.24. The lowest BCUT2D eigenvalue weighted by Crippen LogP contribution is -2.31. The van der Waals surface area contributed by atoms with Crippen LogP contribution in [0.1, 0.15) is 22.6 Å². The Morgan fingerprint density at radius 3 is 2.43 bits per heavy atom. The van der Waals surface area contributed by atoms with Crippen molar-refractivity contribution >= 4 is 22.3 Å². The van der Waals surface area contributed by atoms with Crippen LogP contribution >= 0.6 is 0 Å². The van der Waals surface area contributed by atoms with Gasteiger partial charge in [-0.05, 0) is 40.1 Å². The Labute approximate surface area is 159 Å². The van der Waals surface area contributed by atoms with Gasteiger partial charge in [-0.25, -0.2) is 4.79 Å². The lowest BCUT2D eigenvalue weighted by molar-refractivity contribution is 0.414. The van der Waals surface area contributed by atoms with Crippen LogP contribution in [-0.2, 0) is 0 Å². The maximum Gasteiger partial charge on any atom is 0.327 e. The molecule has 0 radical (unpaired) electrons. The summed E-state index contributed by atoms with van der Waals surface area (Å²) in [6, 6.07) is 19.8. The Morgan fingerprint density at radius 1 is 0.857 bits per heavy atom. The van der Waals surface area contributed by atoms with E-state index in [2.05, 4.69) is 21.4 Å². The van der Waals surface area contributed by atoms with Crippen LogP contribution < -0.4 is 21.3 Å². The molecule has 0 aliphatic carbocycles. The van der Waals surface area contributed by atoms with E-state index >= 15 is 0 Å². The van der Waals surface area contributed by atoms with E-state index in [1.807, 2.05) is 54.6 Å². The first-order chi connectivity index (χ1) is 13.7. The highest BCUT2D eigenvalue weighted by molar-refractivity contribution is 5.94.